The Labute approximate surface area is 131 Å². The van der Waals surface area contributed by atoms with E-state index in [1.807, 2.05) is 48.5 Å². The lowest BCUT2D eigenvalue weighted by molar-refractivity contribution is -0.124. The van der Waals surface area contributed by atoms with E-state index in [4.69, 9.17) is 4.99 Å². The van der Waals surface area contributed by atoms with Gasteiger partial charge in [-0.15, -0.1) is 0 Å². The van der Waals surface area contributed by atoms with E-state index in [2.05, 4.69) is 26.0 Å². The van der Waals surface area contributed by atoms with Gasteiger partial charge in [0.05, 0.1) is 11.8 Å². The van der Waals surface area contributed by atoms with Crippen LogP contribution in [0.15, 0.2) is 65.7 Å². The van der Waals surface area contributed by atoms with Crippen molar-refractivity contribution in [1.29, 1.82) is 0 Å². The first kappa shape index (κ1) is 14.7. The van der Waals surface area contributed by atoms with E-state index in [9.17, 15) is 4.79 Å². The molecule has 0 saturated heterocycles. The topological polar surface area (TPSA) is 29.4 Å². The molecule has 2 aromatic carbocycles. The molecule has 2 unspecified atom stereocenters. The van der Waals surface area contributed by atoms with E-state index in [0.29, 0.717) is 18.1 Å². The van der Waals surface area contributed by atoms with Gasteiger partial charge in [-0.1, -0.05) is 74.5 Å². The first-order chi connectivity index (χ1) is 10.7. The average Bonchev–Trinajstić information content (AvgIpc) is 2.55. The monoisotopic (exact) mass is 291 g/mol. The molecule has 0 spiro atoms. The normalized spacial score (nSPS) is 21.8. The van der Waals surface area contributed by atoms with E-state index in [0.717, 1.165) is 16.8 Å². The van der Waals surface area contributed by atoms with Crippen LogP contribution in [-0.4, -0.2) is 11.5 Å². The Hall–Kier alpha value is -2.22. The van der Waals surface area contributed by atoms with Gasteiger partial charge in [0.2, 0.25) is 0 Å². The fourth-order valence-corrected chi connectivity index (χ4v) is 3.23. The molecule has 1 aliphatic rings. The molecule has 2 nitrogen and oxygen atoms in total. The SMILES string of the molecule is CC(C)C1C(=O)CC(c2ccccc2)=NC1c1ccccc1. The summed E-state index contributed by atoms with van der Waals surface area (Å²) in [6, 6.07) is 20.2. The van der Waals surface area contributed by atoms with Gasteiger partial charge in [-0.25, -0.2) is 0 Å². The smallest absolute Gasteiger partial charge is 0.144 e. The van der Waals surface area contributed by atoms with Crippen molar-refractivity contribution >= 4 is 11.5 Å². The van der Waals surface area contributed by atoms with Gasteiger partial charge >= 0.3 is 0 Å². The van der Waals surface area contributed by atoms with Crippen LogP contribution in [0, 0.1) is 11.8 Å². The van der Waals surface area contributed by atoms with E-state index in [1.165, 1.54) is 0 Å². The second-order valence-corrected chi connectivity index (χ2v) is 6.21. The number of ketones is 1. The van der Waals surface area contributed by atoms with Crippen LogP contribution in [0.25, 0.3) is 0 Å². The maximum atomic E-state index is 12.7. The molecule has 0 aliphatic carbocycles. The molecule has 0 amide bonds. The fourth-order valence-electron chi connectivity index (χ4n) is 3.23. The largest absolute Gasteiger partial charge is 0.299 e. The van der Waals surface area contributed by atoms with Gasteiger partial charge in [-0.2, -0.15) is 0 Å². The minimum absolute atomic E-state index is 0.0325. The molecule has 0 bridgehead atoms. The van der Waals surface area contributed by atoms with Crippen LogP contribution in [0.5, 0.6) is 0 Å². The van der Waals surface area contributed by atoms with Gasteiger partial charge in [-0.3, -0.25) is 9.79 Å². The number of benzene rings is 2. The summed E-state index contributed by atoms with van der Waals surface area (Å²) in [4.78, 5) is 17.7. The number of hydrogen-bond acceptors (Lipinski definition) is 2. The molecule has 0 radical (unpaired) electrons. The zero-order valence-electron chi connectivity index (χ0n) is 13.1. The summed E-state index contributed by atoms with van der Waals surface area (Å²) in [5.74, 6) is 0.561. The lowest BCUT2D eigenvalue weighted by Crippen LogP contribution is -2.33. The van der Waals surface area contributed by atoms with Crippen LogP contribution in [0.3, 0.4) is 0 Å². The van der Waals surface area contributed by atoms with Gasteiger partial charge in [-0.05, 0) is 17.0 Å². The lowest BCUT2D eigenvalue weighted by Gasteiger charge is -2.31. The number of Topliss-reactive ketones (excluding diaryl/α,β-unsaturated/α-hetero) is 1. The van der Waals surface area contributed by atoms with Crippen LogP contribution in [-0.2, 0) is 4.79 Å². The molecule has 3 rings (SSSR count). The number of aliphatic imine (C=N–C) groups is 1. The summed E-state index contributed by atoms with van der Waals surface area (Å²) >= 11 is 0. The molecule has 2 aromatic rings. The molecule has 0 aromatic heterocycles. The molecular weight excluding hydrogens is 270 g/mol. The summed E-state index contributed by atoms with van der Waals surface area (Å²) < 4.78 is 0. The second-order valence-electron chi connectivity index (χ2n) is 6.21. The zero-order valence-corrected chi connectivity index (χ0v) is 13.1. The third-order valence-corrected chi connectivity index (χ3v) is 4.31. The van der Waals surface area contributed by atoms with Gasteiger partial charge in [0.1, 0.15) is 5.78 Å². The van der Waals surface area contributed by atoms with E-state index < -0.39 is 0 Å². The molecule has 0 saturated carbocycles. The van der Waals surface area contributed by atoms with Gasteiger partial charge in [0, 0.05) is 12.3 Å². The van der Waals surface area contributed by atoms with E-state index >= 15 is 0 Å². The summed E-state index contributed by atoms with van der Waals surface area (Å²) in [5.41, 5.74) is 3.10. The predicted molar refractivity (Wildman–Crippen MR) is 90.1 cm³/mol. The van der Waals surface area contributed by atoms with Gasteiger partial charge in [0.15, 0.2) is 0 Å². The van der Waals surface area contributed by atoms with Crippen molar-refractivity contribution in [3.63, 3.8) is 0 Å². The van der Waals surface area contributed by atoms with E-state index in [1.54, 1.807) is 0 Å². The number of rotatable bonds is 3. The Morgan fingerprint density at radius 1 is 0.955 bits per heavy atom. The first-order valence-corrected chi connectivity index (χ1v) is 7.86. The number of carbonyl (C=O) groups excluding carboxylic acids is 1. The highest BCUT2D eigenvalue weighted by Crippen LogP contribution is 2.37. The molecule has 0 N–H and O–H groups in total. The third kappa shape index (κ3) is 2.87. The standard InChI is InChI=1S/C20H21NO/c1-14(2)19-18(22)13-17(15-9-5-3-6-10-15)21-20(19)16-11-7-4-8-12-16/h3-12,14,19-20H,13H2,1-2H3. The second kappa shape index (κ2) is 6.27. The maximum absolute atomic E-state index is 12.7. The summed E-state index contributed by atoms with van der Waals surface area (Å²) in [7, 11) is 0. The molecule has 0 fully saturated rings. The highest BCUT2D eigenvalue weighted by molar-refractivity contribution is 6.13. The van der Waals surface area contributed by atoms with Gasteiger partial charge < -0.3 is 0 Å². The van der Waals surface area contributed by atoms with Crippen LogP contribution in [0.4, 0.5) is 0 Å². The zero-order chi connectivity index (χ0) is 15.5. The molecule has 112 valence electrons. The van der Waals surface area contributed by atoms with Crippen LogP contribution < -0.4 is 0 Å². The van der Waals surface area contributed by atoms with Crippen molar-refractivity contribution < 1.29 is 4.79 Å². The van der Waals surface area contributed by atoms with Crippen molar-refractivity contribution in [2.45, 2.75) is 26.3 Å². The fraction of sp³-hybridized carbons (Fsp3) is 0.300. The summed E-state index contributed by atoms with van der Waals surface area (Å²) in [6.07, 6.45) is 0.441. The average molecular weight is 291 g/mol. The summed E-state index contributed by atoms with van der Waals surface area (Å²) in [6.45, 7) is 4.23. The minimum Gasteiger partial charge on any atom is -0.299 e. The van der Waals surface area contributed by atoms with E-state index in [-0.39, 0.29) is 12.0 Å². The molecular formula is C20H21NO. The van der Waals surface area contributed by atoms with Crippen molar-refractivity contribution in [2.75, 3.05) is 0 Å². The molecule has 1 aliphatic heterocycles. The van der Waals surface area contributed by atoms with Crippen LogP contribution >= 0.6 is 0 Å². The van der Waals surface area contributed by atoms with Crippen LogP contribution in [0.1, 0.15) is 37.4 Å². The van der Waals surface area contributed by atoms with Gasteiger partial charge in [0.25, 0.3) is 0 Å². The number of hydrogen-bond donors (Lipinski definition) is 0. The highest BCUT2D eigenvalue weighted by Gasteiger charge is 2.36. The maximum Gasteiger partial charge on any atom is 0.144 e. The van der Waals surface area contributed by atoms with Crippen molar-refractivity contribution in [3.8, 4) is 0 Å². The van der Waals surface area contributed by atoms with Crippen molar-refractivity contribution in [1.82, 2.24) is 0 Å². The molecule has 1 heterocycles. The molecule has 22 heavy (non-hydrogen) atoms. The van der Waals surface area contributed by atoms with Crippen LogP contribution in [0.2, 0.25) is 0 Å². The molecule has 2 atom stereocenters. The predicted octanol–water partition coefficient (Wildman–Crippen LogP) is 4.46. The first-order valence-electron chi connectivity index (χ1n) is 7.86. The minimum atomic E-state index is -0.0716. The Morgan fingerprint density at radius 2 is 1.55 bits per heavy atom. The highest BCUT2D eigenvalue weighted by atomic mass is 16.1. The molecule has 2 heteroatoms. The Bertz CT molecular complexity index is 673. The lowest BCUT2D eigenvalue weighted by atomic mass is 9.77. The Morgan fingerprint density at radius 3 is 2.14 bits per heavy atom. The third-order valence-electron chi connectivity index (χ3n) is 4.31. The number of carbonyl (C=O) groups is 1. The Kier molecular flexibility index (Phi) is 4.19. The number of nitrogens with zero attached hydrogens (tertiary/aromatic N) is 1. The Balaban J connectivity index is 2.06. The summed E-state index contributed by atoms with van der Waals surface area (Å²) in [5, 5.41) is 0. The quantitative estimate of drug-likeness (QED) is 0.820. The van der Waals surface area contributed by atoms with Crippen molar-refractivity contribution in [3.05, 3.63) is 71.8 Å². The van der Waals surface area contributed by atoms with Crippen molar-refractivity contribution in [2.24, 2.45) is 16.8 Å².